The predicted molar refractivity (Wildman–Crippen MR) is 51.4 cm³/mol. The van der Waals surface area contributed by atoms with Gasteiger partial charge in [-0.3, -0.25) is 0 Å². The summed E-state index contributed by atoms with van der Waals surface area (Å²) in [5, 5.41) is 0. The third kappa shape index (κ3) is 20.7. The summed E-state index contributed by atoms with van der Waals surface area (Å²) in [6.45, 7) is 2.59. The summed E-state index contributed by atoms with van der Waals surface area (Å²) < 4.78 is 14.6. The fourth-order valence-corrected chi connectivity index (χ4v) is 1.31. The monoisotopic (exact) mass is 273 g/mol. The largest absolute Gasteiger partial charge is 1.00 e. The van der Waals surface area contributed by atoms with Crippen LogP contribution in [0.25, 0.3) is 0 Å². The first-order chi connectivity index (χ1) is 5.77. The number of rotatable bonds is 8. The van der Waals surface area contributed by atoms with Gasteiger partial charge in [0, 0.05) is 4.57 Å². The molecule has 1 unspecified atom stereocenters. The smallest absolute Gasteiger partial charge is 1.00 e. The van der Waals surface area contributed by atoms with Crippen molar-refractivity contribution in [3.8, 4) is 0 Å². The maximum Gasteiger partial charge on any atom is 1.00 e. The fraction of sp³-hybridized carbons (Fsp3) is 1.00. The van der Waals surface area contributed by atoms with E-state index in [1.807, 2.05) is 0 Å². The van der Waals surface area contributed by atoms with Gasteiger partial charge in [0.1, 0.15) is 6.61 Å². The minimum Gasteiger partial charge on any atom is -1.00 e. The molecular formula is C8H20K2O3P+. The van der Waals surface area contributed by atoms with Crippen molar-refractivity contribution in [1.29, 1.82) is 0 Å². The molecule has 0 aliphatic heterocycles. The van der Waals surface area contributed by atoms with E-state index >= 15 is 0 Å². The van der Waals surface area contributed by atoms with E-state index in [0.717, 1.165) is 12.8 Å². The second-order valence-corrected chi connectivity index (χ2v) is 3.57. The quantitative estimate of drug-likeness (QED) is 0.296. The first-order valence-electron chi connectivity index (χ1n) is 4.56. The SMILES string of the molecule is CCCCCCCCO[P+](=O)O.[H-].[H-].[K+].[K+]. The Balaban J connectivity index is -0.000000101. The Morgan fingerprint density at radius 1 is 1.14 bits per heavy atom. The van der Waals surface area contributed by atoms with Gasteiger partial charge in [-0.05, 0) is 6.42 Å². The summed E-state index contributed by atoms with van der Waals surface area (Å²) in [5.41, 5.74) is 0. The first kappa shape index (κ1) is 22.5. The maximum absolute atomic E-state index is 10.1. The molecule has 76 valence electrons. The molecule has 0 aliphatic carbocycles. The van der Waals surface area contributed by atoms with Gasteiger partial charge in [0.25, 0.3) is 0 Å². The van der Waals surface area contributed by atoms with Gasteiger partial charge in [-0.15, -0.1) is 9.42 Å². The summed E-state index contributed by atoms with van der Waals surface area (Å²) >= 11 is 0. The third-order valence-corrected chi connectivity index (χ3v) is 2.10. The molecule has 0 aromatic rings. The molecule has 0 aromatic heterocycles. The minimum atomic E-state index is -2.38. The summed E-state index contributed by atoms with van der Waals surface area (Å²) in [6.07, 6.45) is 7.00. The van der Waals surface area contributed by atoms with E-state index in [2.05, 4.69) is 11.4 Å². The van der Waals surface area contributed by atoms with Gasteiger partial charge in [0.2, 0.25) is 0 Å². The Hall–Kier alpha value is 3.29. The van der Waals surface area contributed by atoms with E-state index in [-0.39, 0.29) is 106 Å². The van der Waals surface area contributed by atoms with Crippen LogP contribution < -0.4 is 103 Å². The van der Waals surface area contributed by atoms with Crippen molar-refractivity contribution < 1.29 is 120 Å². The standard InChI is InChI=1S/C8H17O3P.2K.2H/c1-2-3-4-5-6-7-8-11-12(9)10;;;;/h2-8H2,1H3;;;;/q;2*+1;2*-1/p+1. The van der Waals surface area contributed by atoms with Crippen molar-refractivity contribution >= 4 is 8.25 Å². The number of hydrogen-bond acceptors (Lipinski definition) is 2. The van der Waals surface area contributed by atoms with E-state index in [1.54, 1.807) is 0 Å². The molecular weight excluding hydrogens is 253 g/mol. The zero-order valence-electron chi connectivity index (χ0n) is 11.7. The normalized spacial score (nSPS) is 10.0. The molecule has 0 saturated heterocycles. The summed E-state index contributed by atoms with van der Waals surface area (Å²) in [7, 11) is -2.38. The van der Waals surface area contributed by atoms with Crippen LogP contribution in [-0.2, 0) is 9.09 Å². The molecule has 0 radical (unpaired) electrons. The van der Waals surface area contributed by atoms with Crippen molar-refractivity contribution in [2.75, 3.05) is 6.61 Å². The van der Waals surface area contributed by atoms with Crippen molar-refractivity contribution in [1.82, 2.24) is 0 Å². The molecule has 0 spiro atoms. The molecule has 1 atom stereocenters. The van der Waals surface area contributed by atoms with Crippen LogP contribution in [-0.4, -0.2) is 11.5 Å². The van der Waals surface area contributed by atoms with Gasteiger partial charge in [-0.25, -0.2) is 0 Å². The molecule has 0 aliphatic rings. The molecule has 0 amide bonds. The van der Waals surface area contributed by atoms with Crippen molar-refractivity contribution in [2.45, 2.75) is 45.4 Å². The zero-order chi connectivity index (χ0) is 9.23. The Morgan fingerprint density at radius 3 is 2.14 bits per heavy atom. The van der Waals surface area contributed by atoms with Crippen LogP contribution in [0.3, 0.4) is 0 Å². The molecule has 6 heteroatoms. The molecule has 0 saturated carbocycles. The Labute approximate surface area is 176 Å². The van der Waals surface area contributed by atoms with Crippen LogP contribution in [0.2, 0.25) is 0 Å². The molecule has 1 N–H and O–H groups in total. The van der Waals surface area contributed by atoms with Crippen LogP contribution in [0, 0.1) is 0 Å². The average molecular weight is 273 g/mol. The fourth-order valence-electron chi connectivity index (χ4n) is 1.03. The molecule has 3 nitrogen and oxygen atoms in total. The Kier molecular flexibility index (Phi) is 29.9. The van der Waals surface area contributed by atoms with Gasteiger partial charge in [0.05, 0.1) is 0 Å². The van der Waals surface area contributed by atoms with Crippen LogP contribution in [0.4, 0.5) is 0 Å². The van der Waals surface area contributed by atoms with E-state index in [9.17, 15) is 4.57 Å². The average Bonchev–Trinajstić information content (AvgIpc) is 2.02. The zero-order valence-corrected chi connectivity index (χ0v) is 16.8. The molecule has 0 aromatic carbocycles. The first-order valence-corrected chi connectivity index (χ1v) is 5.69. The summed E-state index contributed by atoms with van der Waals surface area (Å²) in [6, 6.07) is 0. The van der Waals surface area contributed by atoms with Gasteiger partial charge in [-0.2, -0.15) is 0 Å². The third-order valence-electron chi connectivity index (χ3n) is 1.70. The van der Waals surface area contributed by atoms with Gasteiger partial charge >= 0.3 is 111 Å². The maximum atomic E-state index is 10.1. The summed E-state index contributed by atoms with van der Waals surface area (Å²) in [4.78, 5) is 8.28. The van der Waals surface area contributed by atoms with Crippen molar-refractivity contribution in [2.24, 2.45) is 0 Å². The second kappa shape index (κ2) is 18.7. The topological polar surface area (TPSA) is 46.5 Å². The van der Waals surface area contributed by atoms with Crippen molar-refractivity contribution in [3.63, 3.8) is 0 Å². The van der Waals surface area contributed by atoms with E-state index in [4.69, 9.17) is 4.89 Å². The molecule has 0 fully saturated rings. The van der Waals surface area contributed by atoms with Crippen LogP contribution in [0.5, 0.6) is 0 Å². The molecule has 0 bridgehead atoms. The van der Waals surface area contributed by atoms with Crippen LogP contribution in [0.1, 0.15) is 48.3 Å². The van der Waals surface area contributed by atoms with Gasteiger partial charge in [0.15, 0.2) is 0 Å². The van der Waals surface area contributed by atoms with E-state index in [1.165, 1.54) is 25.7 Å². The number of hydrogen-bond donors (Lipinski definition) is 1. The van der Waals surface area contributed by atoms with Gasteiger partial charge < -0.3 is 2.85 Å². The van der Waals surface area contributed by atoms with Crippen molar-refractivity contribution in [3.05, 3.63) is 0 Å². The number of unbranched alkanes of at least 4 members (excludes halogenated alkanes) is 5. The van der Waals surface area contributed by atoms with Crippen LogP contribution in [0.15, 0.2) is 0 Å². The van der Waals surface area contributed by atoms with E-state index < -0.39 is 8.25 Å². The van der Waals surface area contributed by atoms with Crippen LogP contribution >= 0.6 is 8.25 Å². The molecule has 14 heavy (non-hydrogen) atoms. The Bertz CT molecular complexity index is 134. The molecule has 0 heterocycles. The predicted octanol–water partition coefficient (Wildman–Crippen LogP) is -2.75. The molecule has 0 rings (SSSR count). The minimum absolute atomic E-state index is 0. The summed E-state index contributed by atoms with van der Waals surface area (Å²) in [5.74, 6) is 0. The second-order valence-electron chi connectivity index (χ2n) is 2.84. The Morgan fingerprint density at radius 2 is 1.64 bits per heavy atom. The van der Waals surface area contributed by atoms with Gasteiger partial charge in [-0.1, -0.05) is 39.0 Å². The van der Waals surface area contributed by atoms with E-state index in [0.29, 0.717) is 6.61 Å².